The highest BCUT2D eigenvalue weighted by atomic mass is 35.5. The van der Waals surface area contributed by atoms with E-state index in [1.807, 2.05) is 32.6 Å². The van der Waals surface area contributed by atoms with Crippen molar-refractivity contribution < 1.29 is 33.2 Å². The van der Waals surface area contributed by atoms with Crippen LogP contribution in [0.15, 0.2) is 24.3 Å². The molecular formula is C25H36ClN3O7. The van der Waals surface area contributed by atoms with Crippen molar-refractivity contribution in [3.8, 4) is 0 Å². The van der Waals surface area contributed by atoms with E-state index in [9.17, 15) is 4.79 Å². The van der Waals surface area contributed by atoms with Gasteiger partial charge in [0, 0.05) is 43.4 Å². The van der Waals surface area contributed by atoms with Gasteiger partial charge in [0.15, 0.2) is 17.9 Å². The maximum Gasteiger partial charge on any atom is 0.321 e. The van der Waals surface area contributed by atoms with E-state index in [0.717, 1.165) is 25.3 Å². The summed E-state index contributed by atoms with van der Waals surface area (Å²) < 4.78 is 36.4. The summed E-state index contributed by atoms with van der Waals surface area (Å²) in [5.41, 5.74) is 0.729. The van der Waals surface area contributed by atoms with Crippen LogP contribution in [0.25, 0.3) is 0 Å². The molecule has 0 spiro atoms. The summed E-state index contributed by atoms with van der Waals surface area (Å²) in [6, 6.07) is 6.99. The molecule has 4 heterocycles. The number of hydrogen-bond acceptors (Lipinski definition) is 8. The number of nitrogens with zero attached hydrogens (tertiary/aromatic N) is 2. The zero-order chi connectivity index (χ0) is 25.5. The quantitative estimate of drug-likeness (QED) is 0.606. The Morgan fingerprint density at radius 2 is 1.69 bits per heavy atom. The Balaban J connectivity index is 1.07. The van der Waals surface area contributed by atoms with Gasteiger partial charge in [0.2, 0.25) is 0 Å². The van der Waals surface area contributed by atoms with E-state index in [0.29, 0.717) is 31.3 Å². The molecule has 1 aromatic rings. The van der Waals surface area contributed by atoms with Crippen LogP contribution in [0.4, 0.5) is 10.5 Å². The van der Waals surface area contributed by atoms with Crippen LogP contribution in [-0.2, 0) is 28.4 Å². The van der Waals surface area contributed by atoms with Crippen LogP contribution in [0.5, 0.6) is 0 Å². The average molecular weight is 526 g/mol. The first-order valence-corrected chi connectivity index (χ1v) is 12.9. The smallest absolute Gasteiger partial charge is 0.321 e. The van der Waals surface area contributed by atoms with E-state index in [2.05, 4.69) is 10.2 Å². The lowest BCUT2D eigenvalue weighted by Gasteiger charge is -2.34. The molecule has 0 aliphatic carbocycles. The second-order valence-corrected chi connectivity index (χ2v) is 11.0. The number of carbonyl (C=O) groups is 1. The molecule has 0 radical (unpaired) electrons. The fraction of sp³-hybridized carbons (Fsp3) is 0.720. The van der Waals surface area contributed by atoms with Gasteiger partial charge in [-0.3, -0.25) is 4.90 Å². The monoisotopic (exact) mass is 525 g/mol. The number of piperazine rings is 1. The van der Waals surface area contributed by atoms with Gasteiger partial charge in [0.25, 0.3) is 0 Å². The van der Waals surface area contributed by atoms with Gasteiger partial charge in [-0.25, -0.2) is 4.79 Å². The van der Waals surface area contributed by atoms with Crippen molar-refractivity contribution >= 4 is 23.3 Å². The summed E-state index contributed by atoms with van der Waals surface area (Å²) in [5, 5.41) is 3.56. The van der Waals surface area contributed by atoms with Gasteiger partial charge in [-0.1, -0.05) is 11.6 Å². The molecule has 2 amide bonds. The van der Waals surface area contributed by atoms with Crippen molar-refractivity contribution in [3.05, 3.63) is 29.3 Å². The third kappa shape index (κ3) is 5.97. The van der Waals surface area contributed by atoms with Crippen LogP contribution in [0.3, 0.4) is 0 Å². The van der Waals surface area contributed by atoms with Crippen molar-refractivity contribution in [2.75, 3.05) is 51.3 Å². The summed E-state index contributed by atoms with van der Waals surface area (Å²) in [7, 11) is 0. The molecule has 200 valence electrons. The topological polar surface area (TPSA) is 91.0 Å². The molecule has 1 aromatic carbocycles. The van der Waals surface area contributed by atoms with E-state index >= 15 is 0 Å². The molecule has 0 saturated carbocycles. The number of carbonyl (C=O) groups excluding carboxylic acids is 1. The number of rotatable bonds is 6. The van der Waals surface area contributed by atoms with E-state index < -0.39 is 17.9 Å². The zero-order valence-corrected chi connectivity index (χ0v) is 22.0. The minimum atomic E-state index is -0.711. The molecular weight excluding hydrogens is 490 g/mol. The van der Waals surface area contributed by atoms with Crippen LogP contribution in [0.1, 0.15) is 27.7 Å². The molecule has 1 N–H and O–H groups in total. The minimum absolute atomic E-state index is 0.105. The normalized spacial score (nSPS) is 33.6. The first-order chi connectivity index (χ1) is 17.1. The second kappa shape index (κ2) is 10.3. The Morgan fingerprint density at radius 1 is 1.00 bits per heavy atom. The molecule has 5 atom stereocenters. The number of urea groups is 1. The fourth-order valence-corrected chi connectivity index (χ4v) is 5.24. The van der Waals surface area contributed by atoms with E-state index in [1.54, 1.807) is 24.3 Å². The number of amides is 2. The van der Waals surface area contributed by atoms with Crippen molar-refractivity contribution in [1.29, 1.82) is 0 Å². The zero-order valence-electron chi connectivity index (χ0n) is 21.3. The van der Waals surface area contributed by atoms with Crippen molar-refractivity contribution in [2.45, 2.75) is 70.0 Å². The fourth-order valence-electron chi connectivity index (χ4n) is 5.11. The molecule has 4 fully saturated rings. The van der Waals surface area contributed by atoms with Gasteiger partial charge in [-0.05, 0) is 52.0 Å². The third-order valence-electron chi connectivity index (χ3n) is 6.89. The predicted octanol–water partition coefficient (Wildman–Crippen LogP) is 2.90. The second-order valence-electron chi connectivity index (χ2n) is 10.5. The summed E-state index contributed by atoms with van der Waals surface area (Å²) in [4.78, 5) is 16.7. The Labute approximate surface area is 217 Å². The first kappa shape index (κ1) is 26.1. The molecule has 4 saturated heterocycles. The summed E-state index contributed by atoms with van der Waals surface area (Å²) in [5.74, 6) is -1.36. The standard InChI is InChI=1S/C25H36ClN3O7/c1-24(2)32-15-18(34-24)19-20-21(36-25(3,4)35-20)22(33-19)31-14-13-28-9-11-29(12-10-28)23(30)27-17-7-5-16(26)6-8-17/h5-8,18-22H,9-15H2,1-4H3,(H,27,30)/t18-,19-,20+,21+,22+/m1/s1. The number of benzene rings is 1. The van der Waals surface area contributed by atoms with E-state index in [1.165, 1.54) is 0 Å². The lowest BCUT2D eigenvalue weighted by atomic mass is 10.1. The van der Waals surface area contributed by atoms with Gasteiger partial charge < -0.3 is 38.6 Å². The Bertz CT molecular complexity index is 923. The summed E-state index contributed by atoms with van der Waals surface area (Å²) >= 11 is 5.91. The molecule has 4 aliphatic heterocycles. The average Bonchev–Trinajstić information content (AvgIpc) is 3.45. The molecule has 4 aliphatic rings. The van der Waals surface area contributed by atoms with Crippen molar-refractivity contribution in [1.82, 2.24) is 9.80 Å². The Hall–Kier alpha value is -1.50. The number of nitrogens with one attached hydrogen (secondary N) is 1. The Morgan fingerprint density at radius 3 is 2.36 bits per heavy atom. The highest BCUT2D eigenvalue weighted by molar-refractivity contribution is 6.30. The van der Waals surface area contributed by atoms with E-state index in [4.69, 9.17) is 40.0 Å². The highest BCUT2D eigenvalue weighted by Gasteiger charge is 2.59. The highest BCUT2D eigenvalue weighted by Crippen LogP contribution is 2.42. The number of halogens is 1. The molecule has 5 rings (SSSR count). The number of ether oxygens (including phenoxy) is 6. The van der Waals surface area contributed by atoms with Gasteiger partial charge >= 0.3 is 6.03 Å². The van der Waals surface area contributed by atoms with Crippen molar-refractivity contribution in [2.24, 2.45) is 0 Å². The molecule has 11 heteroatoms. The summed E-state index contributed by atoms with van der Waals surface area (Å²) in [6.07, 6.45) is -1.72. The number of hydrogen-bond donors (Lipinski definition) is 1. The lowest BCUT2D eigenvalue weighted by molar-refractivity contribution is -0.248. The minimum Gasteiger partial charge on any atom is -0.349 e. The maximum absolute atomic E-state index is 12.6. The van der Waals surface area contributed by atoms with Gasteiger partial charge in [-0.15, -0.1) is 0 Å². The van der Waals surface area contributed by atoms with Gasteiger partial charge in [0.05, 0.1) is 13.2 Å². The van der Waals surface area contributed by atoms with Crippen LogP contribution < -0.4 is 5.32 Å². The number of anilines is 1. The lowest BCUT2D eigenvalue weighted by Crippen LogP contribution is -2.50. The van der Waals surface area contributed by atoms with Crippen LogP contribution in [0, 0.1) is 0 Å². The van der Waals surface area contributed by atoms with Crippen molar-refractivity contribution in [3.63, 3.8) is 0 Å². The van der Waals surface area contributed by atoms with Crippen LogP contribution >= 0.6 is 11.6 Å². The maximum atomic E-state index is 12.6. The molecule has 0 aromatic heterocycles. The van der Waals surface area contributed by atoms with Crippen LogP contribution in [-0.4, -0.2) is 104 Å². The van der Waals surface area contributed by atoms with Gasteiger partial charge in [0.1, 0.15) is 24.4 Å². The van der Waals surface area contributed by atoms with E-state index in [-0.39, 0.29) is 30.4 Å². The predicted molar refractivity (Wildman–Crippen MR) is 132 cm³/mol. The molecule has 36 heavy (non-hydrogen) atoms. The molecule has 0 bridgehead atoms. The largest absolute Gasteiger partial charge is 0.349 e. The molecule has 0 unspecified atom stereocenters. The summed E-state index contributed by atoms with van der Waals surface area (Å²) in [6.45, 7) is 12.1. The third-order valence-corrected chi connectivity index (χ3v) is 7.14. The van der Waals surface area contributed by atoms with Gasteiger partial charge in [-0.2, -0.15) is 0 Å². The number of fused-ring (bicyclic) bond motifs is 1. The Kier molecular flexibility index (Phi) is 7.50. The first-order valence-electron chi connectivity index (χ1n) is 12.6. The molecule has 10 nitrogen and oxygen atoms in total. The van der Waals surface area contributed by atoms with Crippen LogP contribution in [0.2, 0.25) is 5.02 Å². The SMILES string of the molecule is CC1(C)O[C@@H]2[C@H](O1)[C@@H](OCCN1CCN(C(=O)Nc3ccc(Cl)cc3)CC1)O[C@@H]2[C@H]1COC(C)(C)O1.